The molecule has 0 spiro atoms. The average Bonchev–Trinajstić information content (AvgIpc) is 2.39. The maximum absolute atomic E-state index is 5.87. The van der Waals surface area contributed by atoms with Crippen LogP contribution in [0.3, 0.4) is 0 Å². The van der Waals surface area contributed by atoms with Gasteiger partial charge in [-0.25, -0.2) is 0 Å². The Hall–Kier alpha value is -1.18. The lowest BCUT2D eigenvalue weighted by molar-refractivity contribution is 0.302. The number of benzene rings is 1. The lowest BCUT2D eigenvalue weighted by atomic mass is 10.1. The van der Waals surface area contributed by atoms with Crippen molar-refractivity contribution in [2.24, 2.45) is 0 Å². The quantitative estimate of drug-likeness (QED) is 0.631. The van der Waals surface area contributed by atoms with Crippen molar-refractivity contribution in [3.05, 3.63) is 23.3 Å². The summed E-state index contributed by atoms with van der Waals surface area (Å²) in [4.78, 5) is 0. The van der Waals surface area contributed by atoms with Crippen LogP contribution >= 0.6 is 0 Å². The highest BCUT2D eigenvalue weighted by atomic mass is 16.5. The van der Waals surface area contributed by atoms with E-state index in [1.54, 1.807) is 7.11 Å². The van der Waals surface area contributed by atoms with Gasteiger partial charge < -0.3 is 9.47 Å². The number of hydrogen-bond acceptors (Lipinski definition) is 2. The van der Waals surface area contributed by atoms with E-state index in [0.717, 1.165) is 36.5 Å². The fourth-order valence-corrected chi connectivity index (χ4v) is 2.04. The molecule has 0 atom stereocenters. The summed E-state index contributed by atoms with van der Waals surface area (Å²) in [6.45, 7) is 7.25. The van der Waals surface area contributed by atoms with Crippen molar-refractivity contribution < 1.29 is 9.47 Å². The Balaban J connectivity index is 2.59. The molecule has 18 heavy (non-hydrogen) atoms. The SMILES string of the molecule is CCCCCCOc1cc(CC)c(OC)cc1C. The van der Waals surface area contributed by atoms with Crippen molar-refractivity contribution in [3.63, 3.8) is 0 Å². The molecule has 0 N–H and O–H groups in total. The van der Waals surface area contributed by atoms with Crippen molar-refractivity contribution in [2.45, 2.75) is 52.9 Å². The van der Waals surface area contributed by atoms with Crippen molar-refractivity contribution >= 4 is 0 Å². The maximum atomic E-state index is 5.87. The summed E-state index contributed by atoms with van der Waals surface area (Å²) in [5, 5.41) is 0. The van der Waals surface area contributed by atoms with E-state index in [1.807, 2.05) is 0 Å². The third-order valence-electron chi connectivity index (χ3n) is 3.21. The highest BCUT2D eigenvalue weighted by Crippen LogP contribution is 2.28. The van der Waals surface area contributed by atoms with E-state index in [-0.39, 0.29) is 0 Å². The number of rotatable bonds is 8. The Morgan fingerprint density at radius 2 is 1.78 bits per heavy atom. The Labute approximate surface area is 111 Å². The van der Waals surface area contributed by atoms with Crippen molar-refractivity contribution in [3.8, 4) is 11.5 Å². The summed E-state index contributed by atoms with van der Waals surface area (Å²) in [5.41, 5.74) is 2.37. The van der Waals surface area contributed by atoms with Gasteiger partial charge >= 0.3 is 0 Å². The second-order valence-corrected chi connectivity index (χ2v) is 4.69. The van der Waals surface area contributed by atoms with Gasteiger partial charge in [0.1, 0.15) is 11.5 Å². The van der Waals surface area contributed by atoms with E-state index in [4.69, 9.17) is 9.47 Å². The van der Waals surface area contributed by atoms with E-state index in [9.17, 15) is 0 Å². The van der Waals surface area contributed by atoms with E-state index < -0.39 is 0 Å². The Morgan fingerprint density at radius 3 is 2.39 bits per heavy atom. The molecule has 2 heteroatoms. The molecule has 1 aromatic carbocycles. The van der Waals surface area contributed by atoms with Crippen molar-refractivity contribution in [1.29, 1.82) is 0 Å². The molecular formula is C16H26O2. The first-order valence-electron chi connectivity index (χ1n) is 7.03. The van der Waals surface area contributed by atoms with Gasteiger partial charge in [0.2, 0.25) is 0 Å². The van der Waals surface area contributed by atoms with Crippen LogP contribution in [0.25, 0.3) is 0 Å². The molecule has 1 rings (SSSR count). The van der Waals surface area contributed by atoms with Gasteiger partial charge in [-0.2, -0.15) is 0 Å². The van der Waals surface area contributed by atoms with Crippen LogP contribution in [0.5, 0.6) is 11.5 Å². The normalized spacial score (nSPS) is 10.4. The lowest BCUT2D eigenvalue weighted by Crippen LogP contribution is -2.01. The van der Waals surface area contributed by atoms with Gasteiger partial charge in [-0.15, -0.1) is 0 Å². The number of unbranched alkanes of at least 4 members (excludes halogenated alkanes) is 3. The van der Waals surface area contributed by atoms with Gasteiger partial charge in [-0.3, -0.25) is 0 Å². The molecule has 0 radical (unpaired) electrons. The Morgan fingerprint density at radius 1 is 1.00 bits per heavy atom. The van der Waals surface area contributed by atoms with Crippen LogP contribution in [0, 0.1) is 6.92 Å². The molecule has 0 unspecified atom stereocenters. The molecular weight excluding hydrogens is 224 g/mol. The van der Waals surface area contributed by atoms with Crippen LogP contribution in [-0.2, 0) is 6.42 Å². The molecule has 2 nitrogen and oxygen atoms in total. The zero-order valence-corrected chi connectivity index (χ0v) is 12.2. The predicted octanol–water partition coefficient (Wildman–Crippen LogP) is 4.53. The molecule has 102 valence electrons. The van der Waals surface area contributed by atoms with Gasteiger partial charge in [0.05, 0.1) is 13.7 Å². The number of ether oxygens (including phenoxy) is 2. The van der Waals surface area contributed by atoms with Crippen molar-refractivity contribution in [2.75, 3.05) is 13.7 Å². The van der Waals surface area contributed by atoms with Crippen LogP contribution in [0.1, 0.15) is 50.7 Å². The Kier molecular flexibility index (Phi) is 6.63. The second kappa shape index (κ2) is 8.02. The van der Waals surface area contributed by atoms with Crippen LogP contribution in [0.2, 0.25) is 0 Å². The summed E-state index contributed by atoms with van der Waals surface area (Å²) >= 11 is 0. The molecule has 1 aromatic rings. The smallest absolute Gasteiger partial charge is 0.122 e. The third kappa shape index (κ3) is 4.25. The van der Waals surface area contributed by atoms with Gasteiger partial charge in [0, 0.05) is 0 Å². The first kappa shape index (κ1) is 14.9. The zero-order chi connectivity index (χ0) is 13.4. The number of aryl methyl sites for hydroxylation is 2. The van der Waals surface area contributed by atoms with Crippen LogP contribution in [-0.4, -0.2) is 13.7 Å². The minimum absolute atomic E-state index is 0.816. The van der Waals surface area contributed by atoms with Crippen LogP contribution < -0.4 is 9.47 Å². The van der Waals surface area contributed by atoms with E-state index in [0.29, 0.717) is 0 Å². The highest BCUT2D eigenvalue weighted by molar-refractivity contribution is 5.45. The topological polar surface area (TPSA) is 18.5 Å². The van der Waals surface area contributed by atoms with E-state index in [2.05, 4.69) is 32.9 Å². The molecule has 0 aliphatic carbocycles. The fraction of sp³-hybridized carbons (Fsp3) is 0.625. The Bertz CT molecular complexity index is 358. The number of methoxy groups -OCH3 is 1. The molecule has 0 aromatic heterocycles. The molecule has 0 heterocycles. The predicted molar refractivity (Wildman–Crippen MR) is 76.7 cm³/mol. The standard InChI is InChI=1S/C16H26O2/c1-5-7-8-9-10-18-15-12-14(6-2)16(17-4)11-13(15)3/h11-12H,5-10H2,1-4H3. The van der Waals surface area contributed by atoms with Crippen LogP contribution in [0.4, 0.5) is 0 Å². The fourth-order valence-electron chi connectivity index (χ4n) is 2.04. The minimum Gasteiger partial charge on any atom is -0.496 e. The summed E-state index contributed by atoms with van der Waals surface area (Å²) in [7, 11) is 1.72. The highest BCUT2D eigenvalue weighted by Gasteiger charge is 2.07. The first-order valence-corrected chi connectivity index (χ1v) is 7.03. The first-order chi connectivity index (χ1) is 8.72. The van der Waals surface area contributed by atoms with E-state index in [1.165, 1.54) is 24.8 Å². The minimum atomic E-state index is 0.816. The lowest BCUT2D eigenvalue weighted by Gasteiger charge is -2.13. The van der Waals surface area contributed by atoms with Gasteiger partial charge in [-0.05, 0) is 43.0 Å². The largest absolute Gasteiger partial charge is 0.496 e. The summed E-state index contributed by atoms with van der Waals surface area (Å²) in [6, 6.07) is 4.19. The summed E-state index contributed by atoms with van der Waals surface area (Å²) in [6.07, 6.45) is 5.93. The maximum Gasteiger partial charge on any atom is 0.122 e. The van der Waals surface area contributed by atoms with Gasteiger partial charge in [0.25, 0.3) is 0 Å². The van der Waals surface area contributed by atoms with Gasteiger partial charge in [-0.1, -0.05) is 33.1 Å². The van der Waals surface area contributed by atoms with E-state index >= 15 is 0 Å². The summed E-state index contributed by atoms with van der Waals surface area (Å²) < 4.78 is 11.2. The monoisotopic (exact) mass is 250 g/mol. The molecule has 0 aliphatic heterocycles. The molecule has 0 bridgehead atoms. The zero-order valence-electron chi connectivity index (χ0n) is 12.2. The summed E-state index contributed by atoms with van der Waals surface area (Å²) in [5.74, 6) is 1.97. The van der Waals surface area contributed by atoms with Crippen LogP contribution in [0.15, 0.2) is 12.1 Å². The van der Waals surface area contributed by atoms with Gasteiger partial charge in [0.15, 0.2) is 0 Å². The molecule has 0 fully saturated rings. The molecule has 0 amide bonds. The average molecular weight is 250 g/mol. The molecule has 0 saturated carbocycles. The molecule has 0 saturated heterocycles. The number of hydrogen-bond donors (Lipinski definition) is 0. The second-order valence-electron chi connectivity index (χ2n) is 4.69. The molecule has 0 aliphatic rings. The third-order valence-corrected chi connectivity index (χ3v) is 3.21. The van der Waals surface area contributed by atoms with Crippen molar-refractivity contribution in [1.82, 2.24) is 0 Å².